The molecule has 0 spiro atoms. The highest BCUT2D eigenvalue weighted by Gasteiger charge is 2.07. The van der Waals surface area contributed by atoms with Crippen LogP contribution in [0, 0.1) is 6.92 Å². The summed E-state index contributed by atoms with van der Waals surface area (Å²) >= 11 is 0. The van der Waals surface area contributed by atoms with Crippen molar-refractivity contribution in [2.75, 3.05) is 0 Å². The van der Waals surface area contributed by atoms with Crippen LogP contribution in [0.2, 0.25) is 0 Å². The van der Waals surface area contributed by atoms with Crippen LogP contribution in [0.1, 0.15) is 30.9 Å². The van der Waals surface area contributed by atoms with Gasteiger partial charge in [0.15, 0.2) is 0 Å². The first kappa shape index (κ1) is 9.13. The maximum atomic E-state index is 4.17. The van der Waals surface area contributed by atoms with Crippen LogP contribution in [0.4, 0.5) is 0 Å². The number of benzene rings is 1. The molecular weight excluding hydrogens is 172 g/mol. The lowest BCUT2D eigenvalue weighted by Gasteiger charge is -2.10. The van der Waals surface area contributed by atoms with Gasteiger partial charge >= 0.3 is 0 Å². The van der Waals surface area contributed by atoms with Gasteiger partial charge in [0, 0.05) is 5.39 Å². The molecule has 0 radical (unpaired) electrons. The number of nitrogens with zero attached hydrogens (tertiary/aromatic N) is 2. The smallest absolute Gasteiger partial charge is 0.0961 e. The Balaban J connectivity index is 2.82. The van der Waals surface area contributed by atoms with Crippen LogP contribution >= 0.6 is 0 Å². The van der Waals surface area contributed by atoms with E-state index in [-0.39, 0.29) is 0 Å². The van der Waals surface area contributed by atoms with Crippen molar-refractivity contribution in [2.45, 2.75) is 26.7 Å². The van der Waals surface area contributed by atoms with Crippen molar-refractivity contribution in [3.8, 4) is 0 Å². The zero-order valence-corrected chi connectivity index (χ0v) is 8.78. The molecule has 2 aromatic rings. The summed E-state index contributed by atoms with van der Waals surface area (Å²) in [6.45, 7) is 6.47. The lowest BCUT2D eigenvalue weighted by Crippen LogP contribution is -1.93. The summed E-state index contributed by atoms with van der Waals surface area (Å²) in [5.41, 5.74) is 3.57. The van der Waals surface area contributed by atoms with Crippen molar-refractivity contribution in [1.29, 1.82) is 0 Å². The molecule has 0 bridgehead atoms. The van der Waals surface area contributed by atoms with Crippen LogP contribution in [-0.2, 0) is 0 Å². The molecule has 0 aliphatic heterocycles. The van der Waals surface area contributed by atoms with Gasteiger partial charge in [-0.25, -0.2) is 0 Å². The second-order valence-electron chi connectivity index (χ2n) is 3.92. The Hall–Kier alpha value is -1.44. The number of hydrogen-bond acceptors (Lipinski definition) is 2. The predicted octanol–water partition coefficient (Wildman–Crippen LogP) is 3.06. The number of rotatable bonds is 1. The molecule has 2 rings (SSSR count). The van der Waals surface area contributed by atoms with Crippen molar-refractivity contribution in [3.63, 3.8) is 0 Å². The van der Waals surface area contributed by atoms with Gasteiger partial charge < -0.3 is 0 Å². The minimum absolute atomic E-state index is 0.530. The molecule has 72 valence electrons. The fraction of sp³-hybridized carbons (Fsp3) is 0.333. The molecule has 0 N–H and O–H groups in total. The van der Waals surface area contributed by atoms with E-state index in [9.17, 15) is 0 Å². The Bertz CT molecular complexity index is 461. The normalized spacial score (nSPS) is 11.1. The Labute approximate surface area is 84.0 Å². The highest BCUT2D eigenvalue weighted by molar-refractivity contribution is 5.84. The summed E-state index contributed by atoms with van der Waals surface area (Å²) in [7, 11) is 0. The fourth-order valence-electron chi connectivity index (χ4n) is 1.74. The first-order valence-electron chi connectivity index (χ1n) is 4.91. The van der Waals surface area contributed by atoms with Crippen LogP contribution < -0.4 is 0 Å². The number of fused-ring (bicyclic) bond motifs is 1. The van der Waals surface area contributed by atoms with Crippen molar-refractivity contribution in [3.05, 3.63) is 35.5 Å². The minimum atomic E-state index is 0.530. The molecule has 0 amide bonds. The van der Waals surface area contributed by atoms with Gasteiger partial charge in [-0.15, -0.1) is 0 Å². The molecule has 1 aromatic carbocycles. The Morgan fingerprint density at radius 3 is 2.64 bits per heavy atom. The maximum Gasteiger partial charge on any atom is 0.0961 e. The Morgan fingerprint density at radius 1 is 1.14 bits per heavy atom. The molecule has 1 aromatic heterocycles. The van der Waals surface area contributed by atoms with E-state index >= 15 is 0 Å². The topological polar surface area (TPSA) is 25.8 Å². The summed E-state index contributed by atoms with van der Waals surface area (Å²) in [5.74, 6) is 0.530. The maximum absolute atomic E-state index is 4.17. The average molecular weight is 186 g/mol. The molecule has 1 heterocycles. The fourth-order valence-corrected chi connectivity index (χ4v) is 1.74. The van der Waals surface area contributed by atoms with E-state index in [2.05, 4.69) is 43.1 Å². The summed E-state index contributed by atoms with van der Waals surface area (Å²) < 4.78 is 0. The third kappa shape index (κ3) is 1.37. The number of aryl methyl sites for hydroxylation is 1. The zero-order valence-electron chi connectivity index (χ0n) is 8.78. The largest absolute Gasteiger partial charge is 0.159 e. The Kier molecular flexibility index (Phi) is 2.20. The summed E-state index contributed by atoms with van der Waals surface area (Å²) in [6.07, 6.45) is 1.76. The van der Waals surface area contributed by atoms with E-state index < -0.39 is 0 Å². The molecule has 0 aliphatic rings. The summed E-state index contributed by atoms with van der Waals surface area (Å²) in [5, 5.41) is 9.33. The molecule has 0 saturated heterocycles. The van der Waals surface area contributed by atoms with Crippen LogP contribution in [0.25, 0.3) is 10.9 Å². The molecule has 2 nitrogen and oxygen atoms in total. The second kappa shape index (κ2) is 3.37. The molecule has 0 saturated carbocycles. The van der Waals surface area contributed by atoms with E-state index in [0.717, 1.165) is 5.52 Å². The predicted molar refractivity (Wildman–Crippen MR) is 58.4 cm³/mol. The van der Waals surface area contributed by atoms with Crippen molar-refractivity contribution in [2.24, 2.45) is 0 Å². The van der Waals surface area contributed by atoms with Gasteiger partial charge in [-0.2, -0.15) is 10.2 Å². The van der Waals surface area contributed by atoms with Gasteiger partial charge in [-0.3, -0.25) is 0 Å². The van der Waals surface area contributed by atoms with Gasteiger partial charge in [0.25, 0.3) is 0 Å². The molecule has 0 aliphatic carbocycles. The molecule has 14 heavy (non-hydrogen) atoms. The van der Waals surface area contributed by atoms with Crippen molar-refractivity contribution in [1.82, 2.24) is 10.2 Å². The van der Waals surface area contributed by atoms with Gasteiger partial charge in [0.1, 0.15) is 0 Å². The van der Waals surface area contributed by atoms with Crippen LogP contribution in [0.15, 0.2) is 24.4 Å². The van der Waals surface area contributed by atoms with Crippen molar-refractivity contribution >= 4 is 10.9 Å². The minimum Gasteiger partial charge on any atom is -0.159 e. The number of aromatic nitrogens is 2. The SMILES string of the molecule is Cc1ccc(C(C)C)c2ccnnc12. The zero-order chi connectivity index (χ0) is 10.1. The molecule has 0 atom stereocenters. The lowest BCUT2D eigenvalue weighted by atomic mass is 9.97. The van der Waals surface area contributed by atoms with Crippen LogP contribution in [-0.4, -0.2) is 10.2 Å². The first-order valence-corrected chi connectivity index (χ1v) is 4.91. The first-order chi connectivity index (χ1) is 6.70. The van der Waals surface area contributed by atoms with E-state index in [1.807, 2.05) is 6.07 Å². The van der Waals surface area contributed by atoms with E-state index in [1.54, 1.807) is 6.20 Å². The van der Waals surface area contributed by atoms with E-state index in [4.69, 9.17) is 0 Å². The summed E-state index contributed by atoms with van der Waals surface area (Å²) in [6, 6.07) is 6.35. The van der Waals surface area contributed by atoms with Gasteiger partial charge in [0.05, 0.1) is 11.7 Å². The van der Waals surface area contributed by atoms with E-state index in [0.29, 0.717) is 5.92 Å². The third-order valence-electron chi connectivity index (χ3n) is 2.54. The van der Waals surface area contributed by atoms with Crippen LogP contribution in [0.3, 0.4) is 0 Å². The van der Waals surface area contributed by atoms with Crippen molar-refractivity contribution < 1.29 is 0 Å². The number of hydrogen-bond donors (Lipinski definition) is 0. The average Bonchev–Trinajstić information content (AvgIpc) is 2.18. The molecule has 0 fully saturated rings. The van der Waals surface area contributed by atoms with Gasteiger partial charge in [0.2, 0.25) is 0 Å². The quantitative estimate of drug-likeness (QED) is 0.684. The molecule has 2 heteroatoms. The van der Waals surface area contributed by atoms with Crippen LogP contribution in [0.5, 0.6) is 0 Å². The Morgan fingerprint density at radius 2 is 1.93 bits per heavy atom. The summed E-state index contributed by atoms with van der Waals surface area (Å²) in [4.78, 5) is 0. The van der Waals surface area contributed by atoms with Gasteiger partial charge in [-0.1, -0.05) is 26.0 Å². The van der Waals surface area contributed by atoms with E-state index in [1.165, 1.54) is 16.5 Å². The highest BCUT2D eigenvalue weighted by Crippen LogP contribution is 2.25. The molecule has 0 unspecified atom stereocenters. The van der Waals surface area contributed by atoms with Gasteiger partial charge in [-0.05, 0) is 30.0 Å². The third-order valence-corrected chi connectivity index (χ3v) is 2.54. The standard InChI is InChI=1S/C12H14N2/c1-8(2)10-5-4-9(3)12-11(10)6-7-13-14-12/h4-8H,1-3H3. The lowest BCUT2D eigenvalue weighted by molar-refractivity contribution is 0.874. The highest BCUT2D eigenvalue weighted by atomic mass is 15.1. The second-order valence-corrected chi connectivity index (χ2v) is 3.92. The molecular formula is C12H14N2. The monoisotopic (exact) mass is 186 g/mol.